The highest BCUT2D eigenvalue weighted by atomic mass is 35.5. The van der Waals surface area contributed by atoms with Gasteiger partial charge in [0.2, 0.25) is 11.2 Å². The lowest BCUT2D eigenvalue weighted by molar-refractivity contribution is -0.129. The van der Waals surface area contributed by atoms with E-state index in [0.717, 1.165) is 0 Å². The van der Waals surface area contributed by atoms with E-state index in [4.69, 9.17) is 16.3 Å². The lowest BCUT2D eigenvalue weighted by atomic mass is 9.84. The molecule has 0 spiro atoms. The van der Waals surface area contributed by atoms with Gasteiger partial charge in [-0.15, -0.1) is 0 Å². The number of halogens is 3. The summed E-state index contributed by atoms with van der Waals surface area (Å²) in [5, 5.41) is 2.84. The van der Waals surface area contributed by atoms with Crippen LogP contribution in [-0.4, -0.2) is 35.3 Å². The molecule has 0 saturated heterocycles. The van der Waals surface area contributed by atoms with Gasteiger partial charge in [0.25, 0.3) is 0 Å². The minimum absolute atomic E-state index is 0.0625. The Kier molecular flexibility index (Phi) is 4.92. The van der Waals surface area contributed by atoms with Gasteiger partial charge in [-0.25, -0.2) is 13.8 Å². The third kappa shape index (κ3) is 4.23. The fourth-order valence-corrected chi connectivity index (χ4v) is 2.40. The van der Waals surface area contributed by atoms with Crippen LogP contribution >= 0.6 is 11.6 Å². The van der Waals surface area contributed by atoms with Gasteiger partial charge in [-0.3, -0.25) is 4.79 Å². The molecular weight excluding hydrogens is 304 g/mol. The first-order chi connectivity index (χ1) is 9.91. The largest absolute Gasteiger partial charge is 0.480 e. The van der Waals surface area contributed by atoms with Crippen LogP contribution in [0.2, 0.25) is 5.28 Å². The third-order valence-electron chi connectivity index (χ3n) is 3.50. The number of nitrogens with one attached hydrogen (secondary N) is 1. The van der Waals surface area contributed by atoms with Crippen molar-refractivity contribution in [2.75, 3.05) is 19.0 Å². The molecule has 1 aromatic heterocycles. The summed E-state index contributed by atoms with van der Waals surface area (Å²) in [6, 6.07) is 0. The van der Waals surface area contributed by atoms with Gasteiger partial charge >= 0.3 is 0 Å². The van der Waals surface area contributed by atoms with E-state index in [1.165, 1.54) is 6.20 Å². The van der Waals surface area contributed by atoms with Crippen LogP contribution in [0.25, 0.3) is 0 Å². The van der Waals surface area contributed by atoms with Gasteiger partial charge in [0, 0.05) is 25.8 Å². The molecule has 0 amide bonds. The van der Waals surface area contributed by atoms with E-state index >= 15 is 0 Å². The van der Waals surface area contributed by atoms with E-state index in [2.05, 4.69) is 15.3 Å². The molecule has 0 atom stereocenters. The summed E-state index contributed by atoms with van der Waals surface area (Å²) in [4.78, 5) is 19.7. The van der Waals surface area contributed by atoms with Crippen molar-refractivity contribution in [3.63, 3.8) is 0 Å². The molecular formula is C13H16ClF2N3O2. The molecule has 8 heteroatoms. The van der Waals surface area contributed by atoms with Crippen molar-refractivity contribution in [1.29, 1.82) is 0 Å². The molecule has 0 aromatic carbocycles. The van der Waals surface area contributed by atoms with Crippen LogP contribution in [0.15, 0.2) is 6.20 Å². The van der Waals surface area contributed by atoms with Crippen molar-refractivity contribution in [3.05, 3.63) is 11.5 Å². The first kappa shape index (κ1) is 15.9. The predicted octanol–water partition coefficient (Wildman–Crippen LogP) is 2.95. The van der Waals surface area contributed by atoms with Crippen LogP contribution in [0.3, 0.4) is 0 Å². The molecule has 1 N–H and O–H groups in total. The van der Waals surface area contributed by atoms with Crippen LogP contribution < -0.4 is 10.1 Å². The van der Waals surface area contributed by atoms with E-state index in [0.29, 0.717) is 11.6 Å². The Bertz CT molecular complexity index is 518. The van der Waals surface area contributed by atoms with Gasteiger partial charge in [0.1, 0.15) is 6.61 Å². The summed E-state index contributed by atoms with van der Waals surface area (Å²) < 4.78 is 31.5. The first-order valence-corrected chi connectivity index (χ1v) is 7.03. The standard InChI is InChI=1S/C13H16ClF2N3O2/c1-17-11-10(6-18-12(14)19-11)21-7-9(20)8-2-4-13(15,16)5-3-8/h6,8H,2-5,7H2,1H3,(H,17,18,19). The summed E-state index contributed by atoms with van der Waals surface area (Å²) in [6.45, 7) is -0.185. The molecule has 116 valence electrons. The Morgan fingerprint density at radius 3 is 2.81 bits per heavy atom. The summed E-state index contributed by atoms with van der Waals surface area (Å²) in [5.41, 5.74) is 0. The van der Waals surface area contributed by atoms with Crippen molar-refractivity contribution in [1.82, 2.24) is 9.97 Å². The van der Waals surface area contributed by atoms with Crippen molar-refractivity contribution in [3.8, 4) is 5.75 Å². The Balaban J connectivity index is 1.90. The van der Waals surface area contributed by atoms with E-state index in [-0.39, 0.29) is 49.3 Å². The van der Waals surface area contributed by atoms with Crippen molar-refractivity contribution < 1.29 is 18.3 Å². The molecule has 0 radical (unpaired) electrons. The predicted molar refractivity (Wildman–Crippen MR) is 74.0 cm³/mol. The summed E-state index contributed by atoms with van der Waals surface area (Å²) in [7, 11) is 1.64. The van der Waals surface area contributed by atoms with E-state index in [1.54, 1.807) is 7.05 Å². The maximum atomic E-state index is 13.0. The zero-order valence-corrected chi connectivity index (χ0v) is 12.3. The average molecular weight is 320 g/mol. The molecule has 1 fully saturated rings. The summed E-state index contributed by atoms with van der Waals surface area (Å²) in [5.74, 6) is -2.51. The van der Waals surface area contributed by atoms with Crippen LogP contribution in [0, 0.1) is 5.92 Å². The maximum absolute atomic E-state index is 13.0. The monoisotopic (exact) mass is 319 g/mol. The van der Waals surface area contributed by atoms with Crippen molar-refractivity contribution in [2.24, 2.45) is 5.92 Å². The maximum Gasteiger partial charge on any atom is 0.248 e. The number of alkyl halides is 2. The molecule has 0 unspecified atom stereocenters. The molecule has 21 heavy (non-hydrogen) atoms. The number of hydrogen-bond acceptors (Lipinski definition) is 5. The second kappa shape index (κ2) is 6.51. The SMILES string of the molecule is CNc1nc(Cl)ncc1OCC(=O)C1CCC(F)(F)CC1. The number of ether oxygens (including phenoxy) is 1. The number of anilines is 1. The average Bonchev–Trinajstić information content (AvgIpc) is 2.45. The number of Topliss-reactive ketones (excluding diaryl/α,β-unsaturated/α-hetero) is 1. The zero-order chi connectivity index (χ0) is 15.5. The lowest BCUT2D eigenvalue weighted by Crippen LogP contribution is -2.31. The number of hydrogen-bond donors (Lipinski definition) is 1. The van der Waals surface area contributed by atoms with Crippen molar-refractivity contribution >= 4 is 23.2 Å². The molecule has 2 rings (SSSR count). The van der Waals surface area contributed by atoms with Gasteiger partial charge in [-0.2, -0.15) is 4.98 Å². The van der Waals surface area contributed by atoms with Crippen LogP contribution in [0.1, 0.15) is 25.7 Å². The van der Waals surface area contributed by atoms with Crippen LogP contribution in [0.4, 0.5) is 14.6 Å². The van der Waals surface area contributed by atoms with Crippen LogP contribution in [-0.2, 0) is 4.79 Å². The number of ketones is 1. The molecule has 1 heterocycles. The number of carbonyl (C=O) groups is 1. The van der Waals surface area contributed by atoms with Gasteiger partial charge < -0.3 is 10.1 Å². The van der Waals surface area contributed by atoms with Gasteiger partial charge in [0.15, 0.2) is 17.4 Å². The fraction of sp³-hybridized carbons (Fsp3) is 0.615. The van der Waals surface area contributed by atoms with E-state index < -0.39 is 5.92 Å². The Labute approximate surface area is 126 Å². The van der Waals surface area contributed by atoms with Gasteiger partial charge in [-0.05, 0) is 24.4 Å². The minimum Gasteiger partial charge on any atom is -0.480 e. The summed E-state index contributed by atoms with van der Waals surface area (Å²) in [6.07, 6.45) is 1.28. The third-order valence-corrected chi connectivity index (χ3v) is 3.69. The molecule has 0 aliphatic heterocycles. The normalized spacial score (nSPS) is 18.3. The second-order valence-electron chi connectivity index (χ2n) is 4.99. The van der Waals surface area contributed by atoms with Gasteiger partial charge in [0.05, 0.1) is 6.20 Å². The minimum atomic E-state index is -2.64. The highest BCUT2D eigenvalue weighted by Gasteiger charge is 2.37. The number of rotatable bonds is 5. The first-order valence-electron chi connectivity index (χ1n) is 6.65. The summed E-state index contributed by atoms with van der Waals surface area (Å²) >= 11 is 5.65. The van der Waals surface area contributed by atoms with E-state index in [1.807, 2.05) is 0 Å². The highest BCUT2D eigenvalue weighted by Crippen LogP contribution is 2.36. The van der Waals surface area contributed by atoms with Gasteiger partial charge in [-0.1, -0.05) is 0 Å². The topological polar surface area (TPSA) is 64.1 Å². The number of carbonyl (C=O) groups excluding carboxylic acids is 1. The second-order valence-corrected chi connectivity index (χ2v) is 5.33. The fourth-order valence-electron chi connectivity index (χ4n) is 2.26. The molecule has 0 bridgehead atoms. The Morgan fingerprint density at radius 2 is 2.19 bits per heavy atom. The zero-order valence-electron chi connectivity index (χ0n) is 11.5. The van der Waals surface area contributed by atoms with Crippen LogP contribution in [0.5, 0.6) is 5.75 Å². The quantitative estimate of drug-likeness (QED) is 0.845. The smallest absolute Gasteiger partial charge is 0.248 e. The number of aromatic nitrogens is 2. The number of nitrogens with zero attached hydrogens (tertiary/aromatic N) is 2. The Hall–Kier alpha value is -1.50. The van der Waals surface area contributed by atoms with E-state index in [9.17, 15) is 13.6 Å². The lowest BCUT2D eigenvalue weighted by Gasteiger charge is -2.27. The molecule has 1 saturated carbocycles. The molecule has 1 aliphatic rings. The van der Waals surface area contributed by atoms with Crippen molar-refractivity contribution in [2.45, 2.75) is 31.6 Å². The molecule has 1 aromatic rings. The molecule has 5 nitrogen and oxygen atoms in total. The highest BCUT2D eigenvalue weighted by molar-refractivity contribution is 6.28. The Morgan fingerprint density at radius 1 is 1.52 bits per heavy atom. The molecule has 1 aliphatic carbocycles.